The Morgan fingerprint density at radius 3 is 2.40 bits per heavy atom. The van der Waals surface area contributed by atoms with E-state index in [2.05, 4.69) is 0 Å². The van der Waals surface area contributed by atoms with Crippen LogP contribution in [0, 0.1) is 0 Å². The van der Waals surface area contributed by atoms with Gasteiger partial charge < -0.3 is 15.2 Å². The molecule has 2 N–H and O–H groups in total. The summed E-state index contributed by atoms with van der Waals surface area (Å²) in [5.41, 5.74) is 5.37. The van der Waals surface area contributed by atoms with Crippen molar-refractivity contribution >= 4 is 12.2 Å². The van der Waals surface area contributed by atoms with Crippen molar-refractivity contribution in [2.75, 3.05) is 14.2 Å². The maximum Gasteiger partial charge on any atom is 0.253 e. The number of rotatable bonds is 4. The third-order valence-corrected chi connectivity index (χ3v) is 1.95. The van der Waals surface area contributed by atoms with E-state index in [-0.39, 0.29) is 16.9 Å². The van der Waals surface area contributed by atoms with Crippen molar-refractivity contribution in [1.29, 1.82) is 0 Å². The first-order valence-electron chi connectivity index (χ1n) is 4.15. The molecule has 0 aliphatic heterocycles. The second-order valence-corrected chi connectivity index (χ2v) is 2.75. The van der Waals surface area contributed by atoms with Gasteiger partial charge in [-0.15, -0.1) is 0 Å². The minimum absolute atomic E-state index is 0.0341. The van der Waals surface area contributed by atoms with E-state index in [4.69, 9.17) is 15.2 Å². The Labute approximate surface area is 86.8 Å². The number of nitrogens with two attached hydrogens (primary N) is 1. The van der Waals surface area contributed by atoms with Crippen molar-refractivity contribution in [3.63, 3.8) is 0 Å². The zero-order chi connectivity index (χ0) is 11.4. The van der Waals surface area contributed by atoms with Gasteiger partial charge in [0, 0.05) is 5.56 Å². The molecule has 0 radical (unpaired) electrons. The number of carbonyl (C=O) groups is 2. The van der Waals surface area contributed by atoms with E-state index in [9.17, 15) is 9.59 Å². The Balaban J connectivity index is 3.51. The third kappa shape index (κ3) is 1.90. The number of primary amides is 1. The van der Waals surface area contributed by atoms with Gasteiger partial charge in [-0.25, -0.2) is 0 Å². The molecule has 1 amide bonds. The summed E-state index contributed by atoms with van der Waals surface area (Å²) >= 11 is 0. The molecule has 0 atom stereocenters. The van der Waals surface area contributed by atoms with E-state index in [1.165, 1.54) is 26.4 Å². The topological polar surface area (TPSA) is 78.6 Å². The molecule has 0 unspecified atom stereocenters. The summed E-state index contributed by atoms with van der Waals surface area (Å²) in [6.07, 6.45) is 0.544. The first kappa shape index (κ1) is 11.0. The second-order valence-electron chi connectivity index (χ2n) is 2.75. The van der Waals surface area contributed by atoms with Crippen molar-refractivity contribution < 1.29 is 19.1 Å². The number of hydrogen-bond acceptors (Lipinski definition) is 4. The van der Waals surface area contributed by atoms with Crippen LogP contribution in [0.1, 0.15) is 20.7 Å². The van der Waals surface area contributed by atoms with Crippen LogP contribution >= 0.6 is 0 Å². The van der Waals surface area contributed by atoms with Crippen LogP contribution in [0.3, 0.4) is 0 Å². The Morgan fingerprint density at radius 1 is 1.33 bits per heavy atom. The van der Waals surface area contributed by atoms with Gasteiger partial charge in [0.15, 0.2) is 17.8 Å². The highest BCUT2D eigenvalue weighted by Gasteiger charge is 2.18. The molecule has 0 spiro atoms. The van der Waals surface area contributed by atoms with Crippen molar-refractivity contribution in [1.82, 2.24) is 0 Å². The number of ether oxygens (including phenoxy) is 2. The molecule has 15 heavy (non-hydrogen) atoms. The van der Waals surface area contributed by atoms with E-state index in [0.29, 0.717) is 12.0 Å². The highest BCUT2D eigenvalue weighted by molar-refractivity contribution is 6.03. The predicted octanol–water partition coefficient (Wildman–Crippen LogP) is 0.615. The molecule has 0 fully saturated rings. The Kier molecular flexibility index (Phi) is 3.28. The molecule has 0 aliphatic carbocycles. The smallest absolute Gasteiger partial charge is 0.253 e. The summed E-state index contributed by atoms with van der Waals surface area (Å²) in [6.45, 7) is 0. The third-order valence-electron chi connectivity index (χ3n) is 1.95. The van der Waals surface area contributed by atoms with Crippen LogP contribution in [0.5, 0.6) is 11.5 Å². The summed E-state index contributed by atoms with van der Waals surface area (Å²) in [6, 6.07) is 2.99. The standard InChI is InChI=1S/C10H11NO4/c1-14-7-4-3-6(5-12)8(10(11)13)9(7)15-2/h3-5H,1-2H3,(H2,11,13). The lowest BCUT2D eigenvalue weighted by atomic mass is 10.1. The second kappa shape index (κ2) is 4.45. The number of aldehydes is 1. The molecule has 0 aromatic heterocycles. The van der Waals surface area contributed by atoms with Gasteiger partial charge in [0.05, 0.1) is 19.8 Å². The van der Waals surface area contributed by atoms with E-state index in [1.54, 1.807) is 0 Å². The zero-order valence-corrected chi connectivity index (χ0v) is 8.44. The molecule has 0 heterocycles. The number of hydrogen-bond donors (Lipinski definition) is 1. The monoisotopic (exact) mass is 209 g/mol. The number of amides is 1. The Bertz CT molecular complexity index is 401. The van der Waals surface area contributed by atoms with Gasteiger partial charge in [-0.3, -0.25) is 9.59 Å². The molecule has 1 rings (SSSR count). The van der Waals surface area contributed by atoms with Gasteiger partial charge in [-0.05, 0) is 12.1 Å². The van der Waals surface area contributed by atoms with Crippen LogP contribution in [0.2, 0.25) is 0 Å². The fourth-order valence-electron chi connectivity index (χ4n) is 1.29. The van der Waals surface area contributed by atoms with E-state index >= 15 is 0 Å². The normalized spacial score (nSPS) is 9.47. The molecule has 80 valence electrons. The van der Waals surface area contributed by atoms with Crippen molar-refractivity contribution in [2.24, 2.45) is 5.73 Å². The average molecular weight is 209 g/mol. The fraction of sp³-hybridized carbons (Fsp3) is 0.200. The summed E-state index contributed by atoms with van der Waals surface area (Å²) in [4.78, 5) is 21.9. The highest BCUT2D eigenvalue weighted by Crippen LogP contribution is 2.32. The molecule has 0 bridgehead atoms. The quantitative estimate of drug-likeness (QED) is 0.737. The highest BCUT2D eigenvalue weighted by atomic mass is 16.5. The zero-order valence-electron chi connectivity index (χ0n) is 8.44. The van der Waals surface area contributed by atoms with Crippen LogP contribution < -0.4 is 15.2 Å². The maximum atomic E-state index is 11.2. The lowest BCUT2D eigenvalue weighted by Gasteiger charge is -2.11. The Morgan fingerprint density at radius 2 is 2.00 bits per heavy atom. The summed E-state index contributed by atoms with van der Waals surface area (Å²) in [5, 5.41) is 0. The molecule has 1 aromatic rings. The fourth-order valence-corrected chi connectivity index (χ4v) is 1.29. The summed E-state index contributed by atoms with van der Waals surface area (Å²) < 4.78 is 9.96. The molecular weight excluding hydrogens is 198 g/mol. The minimum atomic E-state index is -0.729. The van der Waals surface area contributed by atoms with Gasteiger partial charge in [0.25, 0.3) is 5.91 Å². The maximum absolute atomic E-state index is 11.2. The van der Waals surface area contributed by atoms with Gasteiger partial charge in [-0.2, -0.15) is 0 Å². The first-order valence-corrected chi connectivity index (χ1v) is 4.15. The average Bonchev–Trinajstić information content (AvgIpc) is 2.26. The molecule has 5 nitrogen and oxygen atoms in total. The molecule has 0 saturated heterocycles. The SMILES string of the molecule is COc1ccc(C=O)c(C(N)=O)c1OC. The van der Waals surface area contributed by atoms with Gasteiger partial charge in [0.1, 0.15) is 0 Å². The van der Waals surface area contributed by atoms with Crippen LogP contribution in [-0.4, -0.2) is 26.4 Å². The minimum Gasteiger partial charge on any atom is -0.493 e. The summed E-state index contributed by atoms with van der Waals surface area (Å²) in [5.74, 6) is -0.195. The van der Waals surface area contributed by atoms with E-state index in [0.717, 1.165) is 0 Å². The van der Waals surface area contributed by atoms with Gasteiger partial charge in [0.2, 0.25) is 0 Å². The molecule has 1 aromatic carbocycles. The van der Waals surface area contributed by atoms with Crippen LogP contribution in [-0.2, 0) is 0 Å². The molecule has 0 aliphatic rings. The number of methoxy groups -OCH3 is 2. The van der Waals surface area contributed by atoms with Crippen LogP contribution in [0.15, 0.2) is 12.1 Å². The Hall–Kier alpha value is -2.04. The lowest BCUT2D eigenvalue weighted by molar-refractivity contribution is 0.0989. The predicted molar refractivity (Wildman–Crippen MR) is 53.5 cm³/mol. The van der Waals surface area contributed by atoms with Crippen LogP contribution in [0.25, 0.3) is 0 Å². The lowest BCUT2D eigenvalue weighted by Crippen LogP contribution is -2.15. The number of carbonyl (C=O) groups excluding carboxylic acids is 2. The van der Waals surface area contributed by atoms with E-state index in [1.807, 2.05) is 0 Å². The van der Waals surface area contributed by atoms with Crippen molar-refractivity contribution in [2.45, 2.75) is 0 Å². The largest absolute Gasteiger partial charge is 0.493 e. The van der Waals surface area contributed by atoms with Gasteiger partial charge in [-0.1, -0.05) is 0 Å². The van der Waals surface area contributed by atoms with E-state index < -0.39 is 5.91 Å². The summed E-state index contributed by atoms with van der Waals surface area (Å²) in [7, 11) is 2.81. The van der Waals surface area contributed by atoms with Crippen LogP contribution in [0.4, 0.5) is 0 Å². The van der Waals surface area contributed by atoms with Crippen molar-refractivity contribution in [3.05, 3.63) is 23.3 Å². The first-order chi connectivity index (χ1) is 7.15. The number of benzene rings is 1. The molecular formula is C10H11NO4. The molecule has 0 saturated carbocycles. The van der Waals surface area contributed by atoms with Crippen molar-refractivity contribution in [3.8, 4) is 11.5 Å². The molecule has 5 heteroatoms. The van der Waals surface area contributed by atoms with Gasteiger partial charge >= 0.3 is 0 Å².